The molecule has 0 aliphatic carbocycles. The number of piperidine rings is 1. The Morgan fingerprint density at radius 1 is 1.10 bits per heavy atom. The van der Waals surface area contributed by atoms with Gasteiger partial charge in [0.2, 0.25) is 0 Å². The summed E-state index contributed by atoms with van der Waals surface area (Å²) < 4.78 is 15.0. The molecule has 0 saturated carbocycles. The first kappa shape index (κ1) is 20.1. The van der Waals surface area contributed by atoms with Gasteiger partial charge in [0.15, 0.2) is 0 Å². The fourth-order valence-electron chi connectivity index (χ4n) is 4.15. The highest BCUT2D eigenvalue weighted by Crippen LogP contribution is 2.33. The number of rotatable bonds is 4. The molecule has 2 aromatic rings. The maximum absolute atomic E-state index is 15.0. The van der Waals surface area contributed by atoms with Crippen LogP contribution in [0.4, 0.5) is 4.39 Å². The number of aromatic hydroxyl groups is 1. The second kappa shape index (κ2) is 8.69. The van der Waals surface area contributed by atoms with Gasteiger partial charge in [-0.25, -0.2) is 9.45 Å². The first-order valence-corrected chi connectivity index (χ1v) is 10.2. The van der Waals surface area contributed by atoms with Gasteiger partial charge in [0.1, 0.15) is 11.9 Å². The minimum atomic E-state index is -1.06. The van der Waals surface area contributed by atoms with Gasteiger partial charge >= 0.3 is 0 Å². The first-order chi connectivity index (χ1) is 14.0. The minimum absolute atomic E-state index is 0.124. The molecule has 0 radical (unpaired) electrons. The van der Waals surface area contributed by atoms with E-state index in [2.05, 4.69) is 0 Å². The Morgan fingerprint density at radius 3 is 2.52 bits per heavy atom. The number of hydrogen-bond donors (Lipinski definition) is 1. The number of halogens is 2. The average Bonchev–Trinajstić information content (AvgIpc) is 2.72. The van der Waals surface area contributed by atoms with Crippen molar-refractivity contribution in [2.45, 2.75) is 37.5 Å². The lowest BCUT2D eigenvalue weighted by atomic mass is 9.87. The van der Waals surface area contributed by atoms with Gasteiger partial charge in [-0.2, -0.15) is 0 Å². The van der Waals surface area contributed by atoms with Gasteiger partial charge in [0, 0.05) is 17.5 Å². The number of phenolic OH excluding ortho intramolecular Hbond substituents is 1. The maximum atomic E-state index is 15.0. The van der Waals surface area contributed by atoms with Crippen molar-refractivity contribution in [1.29, 1.82) is 0 Å². The molecule has 3 atom stereocenters. The molecule has 2 aliphatic heterocycles. The molecular weight excluding hydrogens is 395 g/mol. The Hall–Kier alpha value is -2.15. The smallest absolute Gasteiger partial charge is 0.263 e. The molecular formula is C22H24ClFN2O3. The van der Waals surface area contributed by atoms with Gasteiger partial charge in [0.05, 0.1) is 19.2 Å². The quantitative estimate of drug-likeness (QED) is 0.818. The lowest BCUT2D eigenvalue weighted by Crippen LogP contribution is -2.56. The molecule has 2 aliphatic rings. The summed E-state index contributed by atoms with van der Waals surface area (Å²) in [5, 5.41) is 11.5. The van der Waals surface area contributed by atoms with Crippen molar-refractivity contribution in [3.05, 3.63) is 64.7 Å². The second-order valence-electron chi connectivity index (χ2n) is 7.64. The van der Waals surface area contributed by atoms with Crippen molar-refractivity contribution in [2.24, 2.45) is 0 Å². The van der Waals surface area contributed by atoms with Gasteiger partial charge in [-0.05, 0) is 54.8 Å². The van der Waals surface area contributed by atoms with Gasteiger partial charge in [-0.3, -0.25) is 14.5 Å². The molecule has 29 heavy (non-hydrogen) atoms. The van der Waals surface area contributed by atoms with Crippen LogP contribution < -0.4 is 0 Å². The van der Waals surface area contributed by atoms with Gasteiger partial charge < -0.3 is 5.11 Å². The summed E-state index contributed by atoms with van der Waals surface area (Å²) >= 11 is 5.92. The van der Waals surface area contributed by atoms with Crippen LogP contribution in [-0.2, 0) is 16.2 Å². The lowest BCUT2D eigenvalue weighted by molar-refractivity contribution is -0.212. The number of likely N-dealkylation sites (tertiary alicyclic amines) is 1. The Kier molecular flexibility index (Phi) is 6.04. The molecule has 2 saturated heterocycles. The molecule has 4 rings (SSSR count). The number of nitrogens with zero attached hydrogens (tertiary/aromatic N) is 2. The summed E-state index contributed by atoms with van der Waals surface area (Å²) in [6.45, 7) is 1.64. The Labute approximate surface area is 174 Å². The van der Waals surface area contributed by atoms with Crippen molar-refractivity contribution in [2.75, 3.05) is 19.7 Å². The predicted octanol–water partition coefficient (Wildman–Crippen LogP) is 3.91. The number of alkyl halides is 1. The number of benzene rings is 2. The van der Waals surface area contributed by atoms with Gasteiger partial charge in [-0.15, -0.1) is 0 Å². The van der Waals surface area contributed by atoms with Crippen molar-refractivity contribution < 1.29 is 19.1 Å². The van der Waals surface area contributed by atoms with E-state index in [4.69, 9.17) is 16.4 Å². The normalized spacial score (nSPS) is 25.9. The van der Waals surface area contributed by atoms with E-state index in [0.29, 0.717) is 37.6 Å². The zero-order valence-corrected chi connectivity index (χ0v) is 16.8. The van der Waals surface area contributed by atoms with E-state index >= 15 is 0 Å². The molecule has 2 heterocycles. The van der Waals surface area contributed by atoms with Crippen LogP contribution in [0.15, 0.2) is 48.5 Å². The second-order valence-corrected chi connectivity index (χ2v) is 8.07. The molecule has 0 bridgehead atoms. The number of amides is 1. The van der Waals surface area contributed by atoms with Crippen molar-refractivity contribution >= 4 is 17.5 Å². The molecule has 5 nitrogen and oxygen atoms in total. The minimum Gasteiger partial charge on any atom is -0.508 e. The monoisotopic (exact) mass is 418 g/mol. The molecule has 1 amide bonds. The van der Waals surface area contributed by atoms with E-state index in [-0.39, 0.29) is 30.2 Å². The summed E-state index contributed by atoms with van der Waals surface area (Å²) in [6.07, 6.45) is 0.133. The Bertz CT molecular complexity index is 846. The zero-order chi connectivity index (χ0) is 20.4. The summed E-state index contributed by atoms with van der Waals surface area (Å²) in [7, 11) is 0. The zero-order valence-electron chi connectivity index (χ0n) is 16.0. The third-order valence-electron chi connectivity index (χ3n) is 5.74. The van der Waals surface area contributed by atoms with Crippen LogP contribution in [0.5, 0.6) is 5.75 Å². The number of hydroxylamine groups is 2. The van der Waals surface area contributed by atoms with Crippen LogP contribution in [0, 0.1) is 0 Å². The van der Waals surface area contributed by atoms with E-state index in [1.807, 2.05) is 17.0 Å². The predicted molar refractivity (Wildman–Crippen MR) is 108 cm³/mol. The van der Waals surface area contributed by atoms with Crippen LogP contribution in [-0.4, -0.2) is 52.9 Å². The highest BCUT2D eigenvalue weighted by molar-refractivity contribution is 6.30. The topological polar surface area (TPSA) is 53.0 Å². The maximum Gasteiger partial charge on any atom is 0.263 e. The Balaban J connectivity index is 1.40. The van der Waals surface area contributed by atoms with Crippen molar-refractivity contribution in [1.82, 2.24) is 9.96 Å². The molecule has 154 valence electrons. The molecule has 7 heteroatoms. The third kappa shape index (κ3) is 4.55. The standard InChI is InChI=1S/C22H24ClFN2O3/c23-17-5-1-15(2-6-17)13-26-22(28)21(10-12-29-26)25-11-9-19(20(24)14-25)16-3-7-18(27)8-4-16/h1-8,19-21,27H,9-14H2/t19-,20+,21?/m0/s1. The van der Waals surface area contributed by atoms with E-state index in [9.17, 15) is 14.3 Å². The first-order valence-electron chi connectivity index (χ1n) is 9.87. The van der Waals surface area contributed by atoms with Crippen LogP contribution in [0.1, 0.15) is 29.9 Å². The fourth-order valence-corrected chi connectivity index (χ4v) is 4.28. The molecule has 2 fully saturated rings. The lowest BCUT2D eigenvalue weighted by Gasteiger charge is -2.42. The summed E-state index contributed by atoms with van der Waals surface area (Å²) in [5.41, 5.74) is 1.82. The van der Waals surface area contributed by atoms with Crippen molar-refractivity contribution in [3.8, 4) is 5.75 Å². The number of hydrogen-bond acceptors (Lipinski definition) is 4. The van der Waals surface area contributed by atoms with Gasteiger partial charge in [-0.1, -0.05) is 35.9 Å². The van der Waals surface area contributed by atoms with Crippen LogP contribution in [0.2, 0.25) is 5.02 Å². The SMILES string of the molecule is O=C1C(N2CC[C@@H](c3ccc(O)cc3)[C@H](F)C2)CCON1Cc1ccc(Cl)cc1. The third-order valence-corrected chi connectivity index (χ3v) is 6.00. The van der Waals surface area contributed by atoms with Crippen LogP contribution in [0.3, 0.4) is 0 Å². The number of carbonyl (C=O) groups is 1. The van der Waals surface area contributed by atoms with E-state index in [1.165, 1.54) is 5.06 Å². The van der Waals surface area contributed by atoms with E-state index < -0.39 is 6.17 Å². The molecule has 1 N–H and O–H groups in total. The highest BCUT2D eigenvalue weighted by atomic mass is 35.5. The van der Waals surface area contributed by atoms with Crippen LogP contribution >= 0.6 is 11.6 Å². The Morgan fingerprint density at radius 2 is 1.83 bits per heavy atom. The summed E-state index contributed by atoms with van der Waals surface area (Å²) in [5.74, 6) is -0.163. The van der Waals surface area contributed by atoms with E-state index in [1.54, 1.807) is 36.4 Å². The van der Waals surface area contributed by atoms with Crippen molar-refractivity contribution in [3.63, 3.8) is 0 Å². The fraction of sp³-hybridized carbons (Fsp3) is 0.409. The number of phenols is 1. The van der Waals surface area contributed by atoms with E-state index in [0.717, 1.165) is 11.1 Å². The van der Waals surface area contributed by atoms with Gasteiger partial charge in [0.25, 0.3) is 5.91 Å². The summed E-state index contributed by atoms with van der Waals surface area (Å²) in [4.78, 5) is 20.5. The van der Waals surface area contributed by atoms with Crippen LogP contribution in [0.25, 0.3) is 0 Å². The molecule has 0 spiro atoms. The average molecular weight is 419 g/mol. The largest absolute Gasteiger partial charge is 0.508 e. The number of carbonyl (C=O) groups excluding carboxylic acids is 1. The highest BCUT2D eigenvalue weighted by Gasteiger charge is 2.39. The molecule has 1 unspecified atom stereocenters. The summed E-state index contributed by atoms with van der Waals surface area (Å²) in [6, 6.07) is 13.7. The molecule has 0 aromatic heterocycles. The molecule has 2 aromatic carbocycles.